The van der Waals surface area contributed by atoms with Gasteiger partial charge in [0.2, 0.25) is 0 Å². The first-order valence-corrected chi connectivity index (χ1v) is 8.13. The van der Waals surface area contributed by atoms with E-state index in [-0.39, 0.29) is 5.82 Å². The third-order valence-electron chi connectivity index (χ3n) is 3.35. The van der Waals surface area contributed by atoms with Gasteiger partial charge in [-0.15, -0.1) is 17.9 Å². The second-order valence-corrected chi connectivity index (χ2v) is 5.90. The Kier molecular flexibility index (Phi) is 4.95. The molecule has 1 heterocycles. The van der Waals surface area contributed by atoms with Crippen LogP contribution in [0.15, 0.2) is 66.6 Å². The van der Waals surface area contributed by atoms with Crippen molar-refractivity contribution in [1.82, 2.24) is 4.98 Å². The molecule has 23 heavy (non-hydrogen) atoms. The smallest absolute Gasteiger partial charge is 0.124 e. The van der Waals surface area contributed by atoms with Crippen molar-refractivity contribution in [2.75, 3.05) is 6.61 Å². The molecule has 0 saturated carbocycles. The third kappa shape index (κ3) is 3.92. The monoisotopic (exact) mass is 325 g/mol. The highest BCUT2D eigenvalue weighted by Gasteiger charge is 2.07. The highest BCUT2D eigenvalue weighted by molar-refractivity contribution is 7.13. The Morgan fingerprint density at radius 1 is 1.04 bits per heavy atom. The van der Waals surface area contributed by atoms with E-state index in [0.717, 1.165) is 27.4 Å². The molecule has 0 radical (unpaired) electrons. The molecule has 0 aliphatic carbocycles. The Hall–Kier alpha value is -2.30. The molecular weight excluding hydrogens is 309 g/mol. The number of benzene rings is 2. The molecule has 0 N–H and O–H groups in total. The molecule has 0 bridgehead atoms. The van der Waals surface area contributed by atoms with Crippen LogP contribution < -0.4 is 0 Å². The van der Waals surface area contributed by atoms with Crippen LogP contribution in [0, 0.1) is 5.82 Å². The number of halogens is 1. The predicted molar refractivity (Wildman–Crippen MR) is 92.8 cm³/mol. The molecule has 0 aliphatic heterocycles. The molecule has 4 heteroatoms. The van der Waals surface area contributed by atoms with Crippen LogP contribution in [-0.2, 0) is 11.3 Å². The van der Waals surface area contributed by atoms with E-state index >= 15 is 0 Å². The highest BCUT2D eigenvalue weighted by Crippen LogP contribution is 2.29. The van der Waals surface area contributed by atoms with E-state index in [1.165, 1.54) is 12.1 Å². The Morgan fingerprint density at radius 2 is 1.74 bits per heavy atom. The maximum Gasteiger partial charge on any atom is 0.124 e. The van der Waals surface area contributed by atoms with Gasteiger partial charge in [-0.05, 0) is 29.8 Å². The molecule has 0 spiro atoms. The molecule has 0 atom stereocenters. The van der Waals surface area contributed by atoms with Gasteiger partial charge in [0, 0.05) is 16.5 Å². The van der Waals surface area contributed by atoms with Crippen LogP contribution >= 0.6 is 11.3 Å². The molecule has 3 aromatic rings. The van der Waals surface area contributed by atoms with Crippen molar-refractivity contribution in [3.8, 4) is 21.8 Å². The van der Waals surface area contributed by atoms with Gasteiger partial charge in [0.05, 0.1) is 18.9 Å². The molecule has 0 fully saturated rings. The first-order valence-electron chi connectivity index (χ1n) is 7.25. The Labute approximate surface area is 138 Å². The summed E-state index contributed by atoms with van der Waals surface area (Å²) < 4.78 is 18.4. The van der Waals surface area contributed by atoms with Crippen molar-refractivity contribution >= 4 is 11.3 Å². The molecule has 0 aliphatic rings. The summed E-state index contributed by atoms with van der Waals surface area (Å²) >= 11 is 1.56. The average molecular weight is 325 g/mol. The molecular formula is C19H16FNOS. The zero-order valence-electron chi connectivity index (χ0n) is 12.5. The molecule has 2 nitrogen and oxygen atoms in total. The van der Waals surface area contributed by atoms with E-state index in [0.29, 0.717) is 13.2 Å². The highest BCUT2D eigenvalue weighted by atomic mass is 32.1. The average Bonchev–Trinajstić information content (AvgIpc) is 3.06. The molecule has 3 rings (SSSR count). The zero-order valence-corrected chi connectivity index (χ0v) is 13.4. The third-order valence-corrected chi connectivity index (χ3v) is 4.24. The van der Waals surface area contributed by atoms with Crippen molar-refractivity contribution in [3.05, 3.63) is 77.9 Å². The fourth-order valence-corrected chi connectivity index (χ4v) is 3.00. The lowest BCUT2D eigenvalue weighted by Gasteiger charge is -2.03. The summed E-state index contributed by atoms with van der Waals surface area (Å²) in [6.07, 6.45) is 1.74. The summed E-state index contributed by atoms with van der Waals surface area (Å²) in [5.41, 5.74) is 4.02. The van der Waals surface area contributed by atoms with E-state index in [1.807, 2.05) is 29.6 Å². The number of thiazole rings is 1. The van der Waals surface area contributed by atoms with E-state index < -0.39 is 0 Å². The van der Waals surface area contributed by atoms with Crippen molar-refractivity contribution in [2.45, 2.75) is 6.61 Å². The van der Waals surface area contributed by atoms with Gasteiger partial charge >= 0.3 is 0 Å². The van der Waals surface area contributed by atoms with Gasteiger partial charge in [0.1, 0.15) is 10.8 Å². The van der Waals surface area contributed by atoms with Crippen LogP contribution in [-0.4, -0.2) is 11.6 Å². The van der Waals surface area contributed by atoms with E-state index in [2.05, 4.69) is 11.6 Å². The first-order chi connectivity index (χ1) is 11.3. The van der Waals surface area contributed by atoms with Crippen molar-refractivity contribution in [3.63, 3.8) is 0 Å². The maximum atomic E-state index is 13.0. The van der Waals surface area contributed by atoms with E-state index in [4.69, 9.17) is 4.74 Å². The number of hydrogen-bond donors (Lipinski definition) is 0. The first kappa shape index (κ1) is 15.6. The second kappa shape index (κ2) is 7.31. The summed E-state index contributed by atoms with van der Waals surface area (Å²) in [5, 5.41) is 2.90. The van der Waals surface area contributed by atoms with Crippen LogP contribution in [0.3, 0.4) is 0 Å². The number of aromatic nitrogens is 1. The molecule has 0 amide bonds. The fourth-order valence-electron chi connectivity index (χ4n) is 2.16. The standard InChI is InChI=1S/C19H16FNOS/c1-2-11-22-12-14-3-5-15(6-4-14)18-13-23-19(21-18)16-7-9-17(20)10-8-16/h2-10,13H,1,11-12H2. The van der Waals surface area contributed by atoms with Gasteiger partial charge in [-0.2, -0.15) is 0 Å². The topological polar surface area (TPSA) is 22.1 Å². The summed E-state index contributed by atoms with van der Waals surface area (Å²) in [7, 11) is 0. The molecule has 0 unspecified atom stereocenters. The maximum absolute atomic E-state index is 13.0. The van der Waals surface area contributed by atoms with Crippen LogP contribution in [0.4, 0.5) is 4.39 Å². The van der Waals surface area contributed by atoms with Gasteiger partial charge in [-0.3, -0.25) is 0 Å². The summed E-state index contributed by atoms with van der Waals surface area (Å²) in [5.74, 6) is -0.236. The molecule has 116 valence electrons. The minimum absolute atomic E-state index is 0.236. The SMILES string of the molecule is C=CCOCc1ccc(-c2csc(-c3ccc(F)cc3)n2)cc1. The van der Waals surface area contributed by atoms with Gasteiger partial charge in [-0.1, -0.05) is 30.3 Å². The van der Waals surface area contributed by atoms with Crippen LogP contribution in [0.25, 0.3) is 21.8 Å². The van der Waals surface area contributed by atoms with Crippen molar-refractivity contribution in [1.29, 1.82) is 0 Å². The number of hydrogen-bond acceptors (Lipinski definition) is 3. The van der Waals surface area contributed by atoms with Gasteiger partial charge in [0.15, 0.2) is 0 Å². The fraction of sp³-hybridized carbons (Fsp3) is 0.105. The second-order valence-electron chi connectivity index (χ2n) is 5.05. The summed E-state index contributed by atoms with van der Waals surface area (Å²) in [6, 6.07) is 14.6. The van der Waals surface area contributed by atoms with E-state index in [1.54, 1.807) is 29.5 Å². The van der Waals surface area contributed by atoms with E-state index in [9.17, 15) is 4.39 Å². The number of nitrogens with zero attached hydrogens (tertiary/aromatic N) is 1. The summed E-state index contributed by atoms with van der Waals surface area (Å²) in [4.78, 5) is 4.64. The predicted octanol–water partition coefficient (Wildman–Crippen LogP) is 5.32. The quantitative estimate of drug-likeness (QED) is 0.452. The van der Waals surface area contributed by atoms with Crippen LogP contribution in [0.2, 0.25) is 0 Å². The van der Waals surface area contributed by atoms with Crippen molar-refractivity contribution < 1.29 is 9.13 Å². The van der Waals surface area contributed by atoms with Crippen LogP contribution in [0.5, 0.6) is 0 Å². The van der Waals surface area contributed by atoms with Gasteiger partial charge in [0.25, 0.3) is 0 Å². The minimum Gasteiger partial charge on any atom is -0.373 e. The number of ether oxygens (including phenoxy) is 1. The minimum atomic E-state index is -0.236. The molecule has 2 aromatic carbocycles. The zero-order chi connectivity index (χ0) is 16.1. The molecule has 1 aromatic heterocycles. The van der Waals surface area contributed by atoms with Crippen molar-refractivity contribution in [2.24, 2.45) is 0 Å². The summed E-state index contributed by atoms with van der Waals surface area (Å²) in [6.45, 7) is 4.75. The number of rotatable bonds is 6. The normalized spacial score (nSPS) is 10.7. The lowest BCUT2D eigenvalue weighted by molar-refractivity contribution is 0.149. The Balaban J connectivity index is 1.74. The Bertz CT molecular complexity index is 778. The van der Waals surface area contributed by atoms with Gasteiger partial charge < -0.3 is 4.74 Å². The largest absolute Gasteiger partial charge is 0.373 e. The lowest BCUT2D eigenvalue weighted by Crippen LogP contribution is -1.92. The Morgan fingerprint density at radius 3 is 2.43 bits per heavy atom. The van der Waals surface area contributed by atoms with Crippen LogP contribution in [0.1, 0.15) is 5.56 Å². The van der Waals surface area contributed by atoms with Gasteiger partial charge in [-0.25, -0.2) is 9.37 Å². The molecule has 0 saturated heterocycles. The lowest BCUT2D eigenvalue weighted by atomic mass is 10.1.